The first kappa shape index (κ1) is 13.8. The normalized spacial score (nSPS) is 17.6. The summed E-state index contributed by atoms with van der Waals surface area (Å²) in [4.78, 5) is 0. The zero-order chi connectivity index (χ0) is 14.3. The van der Waals surface area contributed by atoms with Crippen LogP contribution in [0.1, 0.15) is 38.4 Å². The molecule has 106 valence electrons. The van der Waals surface area contributed by atoms with E-state index in [1.807, 2.05) is 6.07 Å². The van der Waals surface area contributed by atoms with Gasteiger partial charge in [0, 0.05) is 16.0 Å². The number of benzene rings is 1. The van der Waals surface area contributed by atoms with Gasteiger partial charge in [0.05, 0.1) is 10.6 Å². The second-order valence-corrected chi connectivity index (χ2v) is 6.51. The summed E-state index contributed by atoms with van der Waals surface area (Å²) in [5, 5.41) is 5.12. The van der Waals surface area contributed by atoms with Crippen molar-refractivity contribution in [3.8, 4) is 11.1 Å². The van der Waals surface area contributed by atoms with Gasteiger partial charge in [-0.15, -0.1) is 0 Å². The maximum atomic E-state index is 6.31. The molecule has 1 aliphatic carbocycles. The number of nitrogen functional groups attached to an aromatic ring is 1. The van der Waals surface area contributed by atoms with Crippen LogP contribution in [0.5, 0.6) is 0 Å². The van der Waals surface area contributed by atoms with Gasteiger partial charge in [0.15, 0.2) is 11.6 Å². The van der Waals surface area contributed by atoms with Crippen molar-refractivity contribution in [1.82, 2.24) is 5.16 Å². The van der Waals surface area contributed by atoms with Crippen LogP contribution in [-0.2, 0) is 5.41 Å². The van der Waals surface area contributed by atoms with Gasteiger partial charge >= 0.3 is 0 Å². The Kier molecular flexibility index (Phi) is 3.43. The third kappa shape index (κ3) is 2.19. The largest absolute Gasteiger partial charge is 0.380 e. The van der Waals surface area contributed by atoms with Gasteiger partial charge in [-0.25, -0.2) is 0 Å². The Bertz CT molecular complexity index is 645. The Labute approximate surface area is 128 Å². The fourth-order valence-electron chi connectivity index (χ4n) is 3.05. The summed E-state index contributed by atoms with van der Waals surface area (Å²) in [6, 6.07) is 5.39. The topological polar surface area (TPSA) is 52.0 Å². The molecule has 1 saturated carbocycles. The lowest BCUT2D eigenvalue weighted by Gasteiger charge is -2.21. The quantitative estimate of drug-likeness (QED) is 0.843. The third-order valence-electron chi connectivity index (χ3n) is 4.17. The predicted molar refractivity (Wildman–Crippen MR) is 82.2 cm³/mol. The minimum Gasteiger partial charge on any atom is -0.380 e. The van der Waals surface area contributed by atoms with E-state index in [0.29, 0.717) is 15.9 Å². The lowest BCUT2D eigenvalue weighted by atomic mass is 9.82. The number of rotatable bonds is 2. The van der Waals surface area contributed by atoms with Gasteiger partial charge in [-0.1, -0.05) is 54.2 Å². The number of hydrogen-bond donors (Lipinski definition) is 1. The van der Waals surface area contributed by atoms with Crippen LogP contribution in [0.25, 0.3) is 11.1 Å². The van der Waals surface area contributed by atoms with E-state index in [4.69, 9.17) is 33.5 Å². The summed E-state index contributed by atoms with van der Waals surface area (Å²) in [6.07, 6.45) is 4.56. The van der Waals surface area contributed by atoms with Gasteiger partial charge < -0.3 is 10.3 Å². The van der Waals surface area contributed by atoms with Gasteiger partial charge in [-0.05, 0) is 25.0 Å². The molecule has 0 atom stereocenters. The highest BCUT2D eigenvalue weighted by atomic mass is 35.5. The molecule has 3 rings (SSSR count). The Balaban J connectivity index is 2.16. The molecule has 0 radical (unpaired) electrons. The van der Waals surface area contributed by atoms with Crippen molar-refractivity contribution in [3.05, 3.63) is 34.0 Å². The molecule has 3 nitrogen and oxygen atoms in total. The molecule has 1 fully saturated rings. The van der Waals surface area contributed by atoms with Crippen molar-refractivity contribution in [2.45, 2.75) is 38.0 Å². The average Bonchev–Trinajstić information content (AvgIpc) is 2.98. The predicted octanol–water partition coefficient (Wildman–Crippen LogP) is 5.06. The first-order valence-electron chi connectivity index (χ1n) is 6.72. The summed E-state index contributed by atoms with van der Waals surface area (Å²) >= 11 is 12.3. The summed E-state index contributed by atoms with van der Waals surface area (Å²) in [6.45, 7) is 2.20. The van der Waals surface area contributed by atoms with Crippen molar-refractivity contribution < 1.29 is 4.52 Å². The summed E-state index contributed by atoms with van der Waals surface area (Å²) < 4.78 is 5.56. The molecule has 0 amide bonds. The minimum absolute atomic E-state index is 0.0110. The van der Waals surface area contributed by atoms with Crippen molar-refractivity contribution in [1.29, 1.82) is 0 Å². The van der Waals surface area contributed by atoms with Gasteiger partial charge in [0.2, 0.25) is 0 Å². The highest BCUT2D eigenvalue weighted by Crippen LogP contribution is 2.47. The molecule has 0 aliphatic heterocycles. The molecule has 1 heterocycles. The van der Waals surface area contributed by atoms with E-state index < -0.39 is 0 Å². The van der Waals surface area contributed by atoms with E-state index in [1.54, 1.807) is 12.1 Å². The van der Waals surface area contributed by atoms with E-state index in [9.17, 15) is 0 Å². The molecule has 2 N–H and O–H groups in total. The molecule has 1 aromatic carbocycles. The van der Waals surface area contributed by atoms with Crippen molar-refractivity contribution >= 4 is 29.0 Å². The number of halogens is 2. The van der Waals surface area contributed by atoms with Crippen LogP contribution in [0.2, 0.25) is 10.0 Å². The summed E-state index contributed by atoms with van der Waals surface area (Å²) in [7, 11) is 0. The van der Waals surface area contributed by atoms with Crippen LogP contribution < -0.4 is 5.73 Å². The Morgan fingerprint density at radius 2 is 1.95 bits per heavy atom. The van der Waals surface area contributed by atoms with E-state index in [-0.39, 0.29) is 5.41 Å². The number of hydrogen-bond acceptors (Lipinski definition) is 3. The smallest absolute Gasteiger partial charge is 0.175 e. The number of anilines is 1. The lowest BCUT2D eigenvalue weighted by Crippen LogP contribution is -2.17. The molecule has 1 aliphatic rings. The molecule has 0 saturated heterocycles. The third-order valence-corrected chi connectivity index (χ3v) is 4.72. The first-order valence-corrected chi connectivity index (χ1v) is 7.48. The second-order valence-electron chi connectivity index (χ2n) is 5.66. The second kappa shape index (κ2) is 4.97. The van der Waals surface area contributed by atoms with E-state index in [2.05, 4.69) is 12.1 Å². The zero-order valence-corrected chi connectivity index (χ0v) is 12.8. The van der Waals surface area contributed by atoms with Crippen LogP contribution in [0.4, 0.5) is 5.82 Å². The maximum Gasteiger partial charge on any atom is 0.175 e. The fourth-order valence-corrected chi connectivity index (χ4v) is 3.55. The molecule has 20 heavy (non-hydrogen) atoms. The van der Waals surface area contributed by atoms with Crippen LogP contribution in [-0.4, -0.2) is 5.16 Å². The van der Waals surface area contributed by atoms with E-state index in [0.717, 1.165) is 29.7 Å². The molecule has 0 spiro atoms. The standard InChI is InChI=1S/C15H16Cl2N2O/c1-15(6-2-3-7-15)13-12(14(18)19-20-13)10-5-4-9(16)8-11(10)17/h4-5,8H,2-3,6-7H2,1H3,(H2,18,19). The molecule has 1 aromatic heterocycles. The number of nitrogens with zero attached hydrogens (tertiary/aromatic N) is 1. The summed E-state index contributed by atoms with van der Waals surface area (Å²) in [5.41, 5.74) is 7.65. The monoisotopic (exact) mass is 310 g/mol. The number of aromatic nitrogens is 1. The molecule has 0 unspecified atom stereocenters. The van der Waals surface area contributed by atoms with E-state index in [1.165, 1.54) is 12.8 Å². The van der Waals surface area contributed by atoms with Crippen LogP contribution >= 0.6 is 23.2 Å². The zero-order valence-electron chi connectivity index (χ0n) is 11.2. The van der Waals surface area contributed by atoms with E-state index >= 15 is 0 Å². The van der Waals surface area contributed by atoms with Crippen molar-refractivity contribution in [2.75, 3.05) is 5.73 Å². The van der Waals surface area contributed by atoms with Crippen LogP contribution in [0, 0.1) is 0 Å². The molecule has 5 heteroatoms. The van der Waals surface area contributed by atoms with Crippen molar-refractivity contribution in [2.24, 2.45) is 0 Å². The van der Waals surface area contributed by atoms with Gasteiger partial charge in [-0.2, -0.15) is 0 Å². The highest BCUT2D eigenvalue weighted by Gasteiger charge is 2.38. The molecular formula is C15H16Cl2N2O. The molecule has 0 bridgehead atoms. The summed E-state index contributed by atoms with van der Waals surface area (Å²) in [5.74, 6) is 1.23. The Morgan fingerprint density at radius 1 is 1.25 bits per heavy atom. The Morgan fingerprint density at radius 3 is 2.60 bits per heavy atom. The maximum absolute atomic E-state index is 6.31. The van der Waals surface area contributed by atoms with Crippen LogP contribution in [0.15, 0.2) is 22.7 Å². The molecule has 2 aromatic rings. The highest BCUT2D eigenvalue weighted by molar-refractivity contribution is 6.36. The fraction of sp³-hybridized carbons (Fsp3) is 0.400. The average molecular weight is 311 g/mol. The number of nitrogens with two attached hydrogens (primary N) is 1. The van der Waals surface area contributed by atoms with Gasteiger partial charge in [0.25, 0.3) is 0 Å². The molecular weight excluding hydrogens is 295 g/mol. The van der Waals surface area contributed by atoms with Crippen LogP contribution in [0.3, 0.4) is 0 Å². The SMILES string of the molecule is CC1(c2onc(N)c2-c2ccc(Cl)cc2Cl)CCCC1. The van der Waals surface area contributed by atoms with Gasteiger partial charge in [0.1, 0.15) is 0 Å². The Hall–Kier alpha value is -1.19. The van der Waals surface area contributed by atoms with Crippen molar-refractivity contribution in [3.63, 3.8) is 0 Å². The van der Waals surface area contributed by atoms with Gasteiger partial charge in [-0.3, -0.25) is 0 Å². The first-order chi connectivity index (χ1) is 9.51. The minimum atomic E-state index is -0.0110. The lowest BCUT2D eigenvalue weighted by molar-refractivity contribution is 0.307.